The largest absolute Gasteiger partial charge is 0.481 e. The second-order valence-corrected chi connectivity index (χ2v) is 5.01. The molecule has 1 saturated heterocycles. The Morgan fingerprint density at radius 2 is 2.40 bits per heavy atom. The number of aromatic nitrogens is 1. The third-order valence-corrected chi connectivity index (χ3v) is 4.00. The Labute approximate surface area is 115 Å². The molecule has 8 nitrogen and oxygen atoms in total. The zero-order valence-corrected chi connectivity index (χ0v) is 11.0. The van der Waals surface area contributed by atoms with Crippen molar-refractivity contribution in [3.63, 3.8) is 0 Å². The van der Waals surface area contributed by atoms with Gasteiger partial charge in [0.15, 0.2) is 0 Å². The predicted octanol–water partition coefficient (Wildman–Crippen LogP) is 0.525. The Balaban J connectivity index is 1.84. The lowest BCUT2D eigenvalue weighted by Gasteiger charge is -2.45. The highest BCUT2D eigenvalue weighted by Gasteiger charge is 2.52. The van der Waals surface area contributed by atoms with Gasteiger partial charge in [0.05, 0.1) is 24.2 Å². The second kappa shape index (κ2) is 4.88. The molecule has 1 aliphatic heterocycles. The van der Waals surface area contributed by atoms with Crippen molar-refractivity contribution in [2.24, 2.45) is 11.7 Å². The summed E-state index contributed by atoms with van der Waals surface area (Å²) in [6, 6.07) is 2.60. The monoisotopic (exact) mass is 280 g/mol. The number of ether oxygens (including phenoxy) is 2. The molecule has 0 aromatic carbocycles. The maximum atomic E-state index is 11.0. The summed E-state index contributed by atoms with van der Waals surface area (Å²) in [7, 11) is 1.46. The number of hydrogen-bond donors (Lipinski definition) is 2. The molecule has 20 heavy (non-hydrogen) atoms. The number of nitrogens with zero attached hydrogens (tertiary/aromatic N) is 2. The van der Waals surface area contributed by atoms with Crippen molar-refractivity contribution in [3.05, 3.63) is 22.2 Å². The average Bonchev–Trinajstić information content (AvgIpc) is 2.89. The first-order valence-corrected chi connectivity index (χ1v) is 6.45. The Morgan fingerprint density at radius 3 is 3.10 bits per heavy atom. The standard InChI is InChI=1S/C12H16N4O4/c1-19-8-3-2-7(16(17)18)12(14-8)15-10-9(13)6-4-5-20-11(6)10/h2-3,6,9-11H,4-5,13H2,1H3,(H,14,15). The summed E-state index contributed by atoms with van der Waals surface area (Å²) >= 11 is 0. The minimum absolute atomic E-state index is 0.0117. The highest BCUT2D eigenvalue weighted by atomic mass is 16.6. The highest BCUT2D eigenvalue weighted by Crippen LogP contribution is 2.40. The minimum Gasteiger partial charge on any atom is -0.481 e. The predicted molar refractivity (Wildman–Crippen MR) is 70.7 cm³/mol. The quantitative estimate of drug-likeness (QED) is 0.610. The number of nitrogens with two attached hydrogens (primary N) is 1. The molecule has 4 unspecified atom stereocenters. The van der Waals surface area contributed by atoms with Crippen LogP contribution < -0.4 is 15.8 Å². The maximum Gasteiger partial charge on any atom is 0.311 e. The minimum atomic E-state index is -0.480. The first kappa shape index (κ1) is 13.1. The molecule has 0 bridgehead atoms. The molecule has 3 rings (SSSR count). The van der Waals surface area contributed by atoms with E-state index in [2.05, 4.69) is 10.3 Å². The number of pyridine rings is 1. The van der Waals surface area contributed by atoms with E-state index in [-0.39, 0.29) is 29.7 Å². The van der Waals surface area contributed by atoms with Crippen LogP contribution in [-0.2, 0) is 4.74 Å². The molecule has 0 amide bonds. The van der Waals surface area contributed by atoms with E-state index in [0.29, 0.717) is 18.4 Å². The summed E-state index contributed by atoms with van der Waals surface area (Å²) in [4.78, 5) is 14.7. The molecule has 108 valence electrons. The van der Waals surface area contributed by atoms with E-state index in [0.717, 1.165) is 6.42 Å². The molecule has 1 saturated carbocycles. The van der Waals surface area contributed by atoms with E-state index in [4.69, 9.17) is 15.2 Å². The van der Waals surface area contributed by atoms with Gasteiger partial charge in [-0.1, -0.05) is 0 Å². The van der Waals surface area contributed by atoms with Gasteiger partial charge in [-0.3, -0.25) is 10.1 Å². The van der Waals surface area contributed by atoms with Gasteiger partial charge in [-0.2, -0.15) is 4.98 Å². The fourth-order valence-electron chi connectivity index (χ4n) is 2.89. The van der Waals surface area contributed by atoms with Gasteiger partial charge in [0, 0.05) is 30.7 Å². The molecule has 3 N–H and O–H groups in total. The van der Waals surface area contributed by atoms with Crippen LogP contribution in [0, 0.1) is 16.0 Å². The van der Waals surface area contributed by atoms with Crippen LogP contribution in [0.15, 0.2) is 12.1 Å². The molecular formula is C12H16N4O4. The average molecular weight is 280 g/mol. The number of hydrogen-bond acceptors (Lipinski definition) is 7. The van der Waals surface area contributed by atoms with Crippen molar-refractivity contribution in [1.29, 1.82) is 0 Å². The van der Waals surface area contributed by atoms with Crippen LogP contribution in [0.2, 0.25) is 0 Å². The maximum absolute atomic E-state index is 11.0. The topological polar surface area (TPSA) is 113 Å². The van der Waals surface area contributed by atoms with E-state index >= 15 is 0 Å². The van der Waals surface area contributed by atoms with Crippen LogP contribution in [0.25, 0.3) is 0 Å². The molecule has 8 heteroatoms. The molecule has 1 aromatic heterocycles. The first-order chi connectivity index (χ1) is 9.61. The number of nitrogens with one attached hydrogen (secondary N) is 1. The van der Waals surface area contributed by atoms with Crippen molar-refractivity contribution >= 4 is 11.5 Å². The molecule has 0 radical (unpaired) electrons. The van der Waals surface area contributed by atoms with Crippen molar-refractivity contribution < 1.29 is 14.4 Å². The van der Waals surface area contributed by atoms with Crippen molar-refractivity contribution in [1.82, 2.24) is 4.98 Å². The van der Waals surface area contributed by atoms with Gasteiger partial charge in [0.2, 0.25) is 11.7 Å². The Morgan fingerprint density at radius 1 is 1.60 bits per heavy atom. The Hall–Kier alpha value is -1.93. The lowest BCUT2D eigenvalue weighted by Crippen LogP contribution is -2.65. The smallest absolute Gasteiger partial charge is 0.311 e. The van der Waals surface area contributed by atoms with E-state index in [1.54, 1.807) is 0 Å². The van der Waals surface area contributed by atoms with Gasteiger partial charge in [0.1, 0.15) is 0 Å². The fourth-order valence-corrected chi connectivity index (χ4v) is 2.89. The van der Waals surface area contributed by atoms with E-state index in [1.165, 1.54) is 19.2 Å². The summed E-state index contributed by atoms with van der Waals surface area (Å²) in [5.41, 5.74) is 5.98. The number of fused-ring (bicyclic) bond motifs is 1. The van der Waals surface area contributed by atoms with Crippen LogP contribution in [0.5, 0.6) is 5.88 Å². The Bertz CT molecular complexity index is 538. The Kier molecular flexibility index (Phi) is 3.19. The molecule has 2 heterocycles. The lowest BCUT2D eigenvalue weighted by atomic mass is 9.72. The molecule has 1 aromatic rings. The van der Waals surface area contributed by atoms with Gasteiger partial charge in [0.25, 0.3) is 0 Å². The summed E-state index contributed by atoms with van der Waals surface area (Å²) < 4.78 is 10.6. The van der Waals surface area contributed by atoms with Crippen LogP contribution >= 0.6 is 0 Å². The van der Waals surface area contributed by atoms with E-state index in [9.17, 15) is 10.1 Å². The number of anilines is 1. The normalized spacial score (nSPS) is 31.3. The highest BCUT2D eigenvalue weighted by molar-refractivity contribution is 5.58. The summed E-state index contributed by atoms with van der Waals surface area (Å²) in [6.45, 7) is 0.689. The van der Waals surface area contributed by atoms with Crippen molar-refractivity contribution in [3.8, 4) is 5.88 Å². The van der Waals surface area contributed by atoms with Gasteiger partial charge in [-0.15, -0.1) is 0 Å². The van der Waals surface area contributed by atoms with Crippen LogP contribution in [-0.4, -0.2) is 41.8 Å². The first-order valence-electron chi connectivity index (χ1n) is 6.45. The molecule has 0 spiro atoms. The zero-order chi connectivity index (χ0) is 14.3. The summed E-state index contributed by atoms with van der Waals surface area (Å²) in [5.74, 6) is 0.816. The zero-order valence-electron chi connectivity index (χ0n) is 11.0. The van der Waals surface area contributed by atoms with Gasteiger partial charge in [-0.25, -0.2) is 0 Å². The van der Waals surface area contributed by atoms with Crippen LogP contribution in [0.1, 0.15) is 6.42 Å². The number of nitro groups is 1. The third-order valence-electron chi connectivity index (χ3n) is 4.00. The van der Waals surface area contributed by atoms with Crippen molar-refractivity contribution in [2.75, 3.05) is 19.0 Å². The molecule has 2 fully saturated rings. The van der Waals surface area contributed by atoms with Gasteiger partial charge in [-0.05, 0) is 6.42 Å². The van der Waals surface area contributed by atoms with E-state index < -0.39 is 4.92 Å². The van der Waals surface area contributed by atoms with E-state index in [1.807, 2.05) is 0 Å². The summed E-state index contributed by atoms with van der Waals surface area (Å²) in [5, 5.41) is 14.1. The fraction of sp³-hybridized carbons (Fsp3) is 0.583. The molecule has 2 aliphatic rings. The molecule has 4 atom stereocenters. The number of methoxy groups -OCH3 is 1. The third kappa shape index (κ3) is 1.97. The summed E-state index contributed by atoms with van der Waals surface area (Å²) in [6.07, 6.45) is 0.954. The molecular weight excluding hydrogens is 264 g/mol. The van der Waals surface area contributed by atoms with Gasteiger partial charge >= 0.3 is 5.69 Å². The number of rotatable bonds is 4. The van der Waals surface area contributed by atoms with Gasteiger partial charge < -0.3 is 20.5 Å². The SMILES string of the molecule is COc1ccc([N+](=O)[O-])c(NC2C(N)C3CCOC32)n1. The lowest BCUT2D eigenvalue weighted by molar-refractivity contribution is -0.384. The van der Waals surface area contributed by atoms with Crippen LogP contribution in [0.3, 0.4) is 0 Å². The van der Waals surface area contributed by atoms with Crippen LogP contribution in [0.4, 0.5) is 11.5 Å². The van der Waals surface area contributed by atoms with Crippen molar-refractivity contribution in [2.45, 2.75) is 24.6 Å². The molecule has 1 aliphatic carbocycles. The second-order valence-electron chi connectivity index (χ2n) is 5.01.